The fourth-order valence-corrected chi connectivity index (χ4v) is 3.52. The zero-order chi connectivity index (χ0) is 14.0. The van der Waals surface area contributed by atoms with Crippen LogP contribution in [-0.4, -0.2) is 36.0 Å². The molecule has 0 radical (unpaired) electrons. The summed E-state index contributed by atoms with van der Waals surface area (Å²) < 4.78 is 0. The van der Waals surface area contributed by atoms with Gasteiger partial charge in [-0.05, 0) is 50.4 Å². The second kappa shape index (κ2) is 5.82. The van der Waals surface area contributed by atoms with E-state index >= 15 is 0 Å². The van der Waals surface area contributed by atoms with E-state index in [4.69, 9.17) is 0 Å². The van der Waals surface area contributed by atoms with Crippen LogP contribution in [0.3, 0.4) is 0 Å². The molecule has 2 saturated heterocycles. The van der Waals surface area contributed by atoms with E-state index in [-0.39, 0.29) is 6.04 Å². The van der Waals surface area contributed by atoms with Crippen LogP contribution in [0.15, 0.2) is 0 Å². The van der Waals surface area contributed by atoms with Gasteiger partial charge in [0.25, 0.3) is 0 Å². The van der Waals surface area contributed by atoms with Gasteiger partial charge in [0.2, 0.25) is 5.91 Å². The first-order chi connectivity index (χ1) is 8.88. The monoisotopic (exact) mass is 266 g/mol. The van der Waals surface area contributed by atoms with E-state index in [0.717, 1.165) is 38.3 Å². The Bertz CT molecular complexity index is 313. The molecule has 110 valence electrons. The minimum Gasteiger partial charge on any atom is -0.341 e. The van der Waals surface area contributed by atoms with Crippen LogP contribution < -0.4 is 5.32 Å². The molecular weight excluding hydrogens is 236 g/mol. The van der Waals surface area contributed by atoms with Crippen LogP contribution >= 0.6 is 0 Å². The van der Waals surface area contributed by atoms with Gasteiger partial charge in [0, 0.05) is 19.1 Å². The van der Waals surface area contributed by atoms with Gasteiger partial charge in [-0.1, -0.05) is 20.8 Å². The van der Waals surface area contributed by atoms with Gasteiger partial charge in [0.15, 0.2) is 0 Å². The first-order valence-electron chi connectivity index (χ1n) is 7.93. The van der Waals surface area contributed by atoms with Gasteiger partial charge >= 0.3 is 0 Å². The van der Waals surface area contributed by atoms with Crippen LogP contribution in [0.5, 0.6) is 0 Å². The minimum absolute atomic E-state index is 0.0786. The molecule has 1 amide bonds. The zero-order valence-corrected chi connectivity index (χ0v) is 13.0. The standard InChI is InChI=1S/C16H30N2O/c1-12-6-5-7-14(17-12)15(19)18-10-8-13(9-11-18)16(2,3)4/h12-14,17H,5-11H2,1-4H3. The fraction of sp³-hybridized carbons (Fsp3) is 0.938. The van der Waals surface area contributed by atoms with Crippen LogP contribution in [0.25, 0.3) is 0 Å². The maximum absolute atomic E-state index is 12.5. The van der Waals surface area contributed by atoms with Crippen LogP contribution in [0.2, 0.25) is 0 Å². The Kier molecular flexibility index (Phi) is 4.54. The van der Waals surface area contributed by atoms with Crippen molar-refractivity contribution in [3.8, 4) is 0 Å². The molecule has 0 aromatic rings. The molecule has 19 heavy (non-hydrogen) atoms. The van der Waals surface area contributed by atoms with Crippen molar-refractivity contribution in [1.29, 1.82) is 0 Å². The molecule has 0 aromatic carbocycles. The lowest BCUT2D eigenvalue weighted by atomic mass is 9.75. The quantitative estimate of drug-likeness (QED) is 0.791. The lowest BCUT2D eigenvalue weighted by molar-refractivity contribution is -0.136. The van der Waals surface area contributed by atoms with Gasteiger partial charge in [-0.3, -0.25) is 4.79 Å². The van der Waals surface area contributed by atoms with E-state index in [1.807, 2.05) is 0 Å². The summed E-state index contributed by atoms with van der Waals surface area (Å²) in [5, 5.41) is 3.46. The second-order valence-electron chi connectivity index (χ2n) is 7.52. The molecule has 0 aliphatic carbocycles. The first-order valence-corrected chi connectivity index (χ1v) is 7.93. The summed E-state index contributed by atoms with van der Waals surface area (Å²) in [6, 6.07) is 0.574. The molecule has 0 spiro atoms. The molecule has 0 bridgehead atoms. The highest BCUT2D eigenvalue weighted by molar-refractivity contribution is 5.82. The summed E-state index contributed by atoms with van der Waals surface area (Å²) in [6.45, 7) is 11.0. The fourth-order valence-electron chi connectivity index (χ4n) is 3.52. The van der Waals surface area contributed by atoms with Gasteiger partial charge in [0.1, 0.15) is 0 Å². The van der Waals surface area contributed by atoms with E-state index in [2.05, 4.69) is 37.9 Å². The molecule has 3 heteroatoms. The highest BCUT2D eigenvalue weighted by Gasteiger charge is 2.33. The Morgan fingerprint density at radius 3 is 2.26 bits per heavy atom. The number of hydrogen-bond donors (Lipinski definition) is 1. The Morgan fingerprint density at radius 2 is 1.74 bits per heavy atom. The highest BCUT2D eigenvalue weighted by Crippen LogP contribution is 2.34. The minimum atomic E-state index is 0.0786. The van der Waals surface area contributed by atoms with Crippen molar-refractivity contribution >= 4 is 5.91 Å². The number of likely N-dealkylation sites (tertiary alicyclic amines) is 1. The largest absolute Gasteiger partial charge is 0.341 e. The summed E-state index contributed by atoms with van der Waals surface area (Å²) in [4.78, 5) is 14.6. The zero-order valence-electron chi connectivity index (χ0n) is 13.0. The number of carbonyl (C=O) groups is 1. The summed E-state index contributed by atoms with van der Waals surface area (Å²) >= 11 is 0. The maximum Gasteiger partial charge on any atom is 0.239 e. The van der Waals surface area contributed by atoms with Crippen LogP contribution in [0.1, 0.15) is 59.8 Å². The normalized spacial score (nSPS) is 30.4. The van der Waals surface area contributed by atoms with Gasteiger partial charge in [0.05, 0.1) is 6.04 Å². The maximum atomic E-state index is 12.5. The third kappa shape index (κ3) is 3.71. The number of nitrogens with zero attached hydrogens (tertiary/aromatic N) is 1. The predicted molar refractivity (Wildman–Crippen MR) is 79.0 cm³/mol. The van der Waals surface area contributed by atoms with Gasteiger partial charge < -0.3 is 10.2 Å². The average Bonchev–Trinajstić information content (AvgIpc) is 2.37. The average molecular weight is 266 g/mol. The van der Waals surface area contributed by atoms with E-state index < -0.39 is 0 Å². The van der Waals surface area contributed by atoms with E-state index in [0.29, 0.717) is 17.4 Å². The molecule has 2 fully saturated rings. The Hall–Kier alpha value is -0.570. The number of carbonyl (C=O) groups excluding carboxylic acids is 1. The van der Waals surface area contributed by atoms with Crippen molar-refractivity contribution in [3.63, 3.8) is 0 Å². The Labute approximate surface area is 118 Å². The van der Waals surface area contributed by atoms with Crippen molar-refractivity contribution in [2.75, 3.05) is 13.1 Å². The van der Waals surface area contributed by atoms with E-state index in [1.165, 1.54) is 12.8 Å². The highest BCUT2D eigenvalue weighted by atomic mass is 16.2. The van der Waals surface area contributed by atoms with Gasteiger partial charge in [-0.25, -0.2) is 0 Å². The molecular formula is C16H30N2O. The van der Waals surface area contributed by atoms with Crippen LogP contribution in [0, 0.1) is 11.3 Å². The summed E-state index contributed by atoms with van der Waals surface area (Å²) in [5.41, 5.74) is 0.382. The molecule has 0 saturated carbocycles. The molecule has 2 atom stereocenters. The molecule has 1 N–H and O–H groups in total. The number of nitrogens with one attached hydrogen (secondary N) is 1. The second-order valence-corrected chi connectivity index (χ2v) is 7.52. The molecule has 2 aliphatic rings. The topological polar surface area (TPSA) is 32.3 Å². The number of amides is 1. The predicted octanol–water partition coefficient (Wildman–Crippen LogP) is 2.80. The lowest BCUT2D eigenvalue weighted by Crippen LogP contribution is -2.53. The summed E-state index contributed by atoms with van der Waals surface area (Å²) in [7, 11) is 0. The van der Waals surface area contributed by atoms with Crippen molar-refractivity contribution in [3.05, 3.63) is 0 Å². The van der Waals surface area contributed by atoms with Crippen LogP contribution in [-0.2, 0) is 4.79 Å². The molecule has 2 unspecified atom stereocenters. The van der Waals surface area contributed by atoms with Gasteiger partial charge in [-0.15, -0.1) is 0 Å². The number of hydrogen-bond acceptors (Lipinski definition) is 2. The van der Waals surface area contributed by atoms with Crippen molar-refractivity contribution < 1.29 is 4.79 Å². The Morgan fingerprint density at radius 1 is 1.11 bits per heavy atom. The van der Waals surface area contributed by atoms with Crippen molar-refractivity contribution in [2.45, 2.75) is 71.9 Å². The third-order valence-corrected chi connectivity index (χ3v) is 4.95. The molecule has 2 rings (SSSR count). The van der Waals surface area contributed by atoms with Crippen molar-refractivity contribution in [1.82, 2.24) is 10.2 Å². The molecule has 2 aliphatic heterocycles. The number of piperidine rings is 2. The molecule has 0 aromatic heterocycles. The SMILES string of the molecule is CC1CCCC(C(=O)N2CCC(C(C)(C)C)CC2)N1. The number of rotatable bonds is 1. The van der Waals surface area contributed by atoms with E-state index in [1.54, 1.807) is 0 Å². The summed E-state index contributed by atoms with van der Waals surface area (Å²) in [6.07, 6.45) is 5.73. The molecule has 2 heterocycles. The van der Waals surface area contributed by atoms with Crippen molar-refractivity contribution in [2.24, 2.45) is 11.3 Å². The van der Waals surface area contributed by atoms with Crippen LogP contribution in [0.4, 0.5) is 0 Å². The summed E-state index contributed by atoms with van der Waals surface area (Å²) in [5.74, 6) is 1.11. The van der Waals surface area contributed by atoms with E-state index in [9.17, 15) is 4.79 Å². The smallest absolute Gasteiger partial charge is 0.239 e. The third-order valence-electron chi connectivity index (χ3n) is 4.95. The van der Waals surface area contributed by atoms with Gasteiger partial charge in [-0.2, -0.15) is 0 Å². The first kappa shape index (κ1) is 14.8. The Balaban J connectivity index is 1.85. The molecule has 3 nitrogen and oxygen atoms in total. The lowest BCUT2D eigenvalue weighted by Gasteiger charge is -2.40.